The molecule has 6 heteroatoms. The molecule has 1 aliphatic heterocycles. The predicted octanol–water partition coefficient (Wildman–Crippen LogP) is 1.82. The molecule has 100 valence electrons. The fraction of sp³-hybridized carbons (Fsp3) is 0.667. The third-order valence-corrected chi connectivity index (χ3v) is 4.52. The molecule has 0 bridgehead atoms. The van der Waals surface area contributed by atoms with Crippen LogP contribution in [0.2, 0.25) is 0 Å². The molecule has 1 fully saturated rings. The normalized spacial score (nSPS) is 19.4. The van der Waals surface area contributed by atoms with E-state index in [1.807, 2.05) is 24.9 Å². The Labute approximate surface area is 113 Å². The number of nitrogens with two attached hydrogens (primary N) is 1. The quantitative estimate of drug-likeness (QED) is 0.852. The molecule has 18 heavy (non-hydrogen) atoms. The minimum absolute atomic E-state index is 0.327. The Morgan fingerprint density at radius 2 is 2.17 bits per heavy atom. The number of rotatable bonds is 2. The van der Waals surface area contributed by atoms with Crippen LogP contribution in [0.3, 0.4) is 0 Å². The van der Waals surface area contributed by atoms with Gasteiger partial charge in [0.2, 0.25) is 5.95 Å². The Balaban J connectivity index is 2.18. The van der Waals surface area contributed by atoms with Crippen LogP contribution in [0, 0.1) is 0 Å². The summed E-state index contributed by atoms with van der Waals surface area (Å²) >= 11 is 2.02. The molecule has 5 nitrogen and oxygen atoms in total. The highest BCUT2D eigenvalue weighted by molar-refractivity contribution is 8.00. The lowest BCUT2D eigenvalue weighted by atomic mass is 10.1. The minimum Gasteiger partial charge on any atom is -0.373 e. The summed E-state index contributed by atoms with van der Waals surface area (Å²) in [6.07, 6.45) is 1.15. The third-order valence-electron chi connectivity index (χ3n) is 3.15. The molecule has 0 unspecified atom stereocenters. The lowest BCUT2D eigenvalue weighted by Crippen LogP contribution is -2.28. The number of nitrogen functional groups attached to an aromatic ring is 1. The van der Waals surface area contributed by atoms with Crippen molar-refractivity contribution in [3.8, 4) is 0 Å². The summed E-state index contributed by atoms with van der Waals surface area (Å²) in [5, 5.41) is 3.02. The van der Waals surface area contributed by atoms with Gasteiger partial charge in [0, 0.05) is 36.7 Å². The van der Waals surface area contributed by atoms with Crippen molar-refractivity contribution in [2.24, 2.45) is 0 Å². The van der Waals surface area contributed by atoms with E-state index in [4.69, 9.17) is 5.73 Å². The van der Waals surface area contributed by atoms with Gasteiger partial charge in [0.15, 0.2) is 0 Å². The summed E-state index contributed by atoms with van der Waals surface area (Å²) < 4.78 is 0.346. The van der Waals surface area contributed by atoms with Gasteiger partial charge in [-0.1, -0.05) is 13.8 Å². The Morgan fingerprint density at radius 1 is 1.39 bits per heavy atom. The molecule has 0 aromatic carbocycles. The molecule has 2 rings (SSSR count). The molecule has 0 amide bonds. The van der Waals surface area contributed by atoms with Gasteiger partial charge in [-0.2, -0.15) is 21.7 Å². The second kappa shape index (κ2) is 5.22. The van der Waals surface area contributed by atoms with Gasteiger partial charge in [-0.15, -0.1) is 0 Å². The number of thioether (sulfide) groups is 1. The van der Waals surface area contributed by atoms with Crippen LogP contribution in [0.1, 0.15) is 20.3 Å². The largest absolute Gasteiger partial charge is 0.373 e. The number of anilines is 3. The number of hydrogen-bond donors (Lipinski definition) is 2. The topological polar surface area (TPSA) is 67.1 Å². The second-order valence-electron chi connectivity index (χ2n) is 5.06. The first-order valence-electron chi connectivity index (χ1n) is 6.21. The first kappa shape index (κ1) is 13.3. The molecular formula is C12H21N5S. The summed E-state index contributed by atoms with van der Waals surface area (Å²) in [5.74, 6) is 3.14. The molecule has 1 saturated heterocycles. The Hall–Kier alpha value is -1.17. The standard InChI is InChI=1S/C12H21N5S/c1-12(2)4-5-17(6-7-18-12)10-8-9(14-3)15-11(13)16-10/h8H,4-7H2,1-3H3,(H3,13,14,15,16). The molecular weight excluding hydrogens is 246 g/mol. The van der Waals surface area contributed by atoms with Crippen LogP contribution in [0.25, 0.3) is 0 Å². The van der Waals surface area contributed by atoms with Crippen molar-refractivity contribution in [3.63, 3.8) is 0 Å². The Kier molecular flexibility index (Phi) is 3.85. The summed E-state index contributed by atoms with van der Waals surface area (Å²) in [5.41, 5.74) is 5.74. The fourth-order valence-corrected chi connectivity index (χ4v) is 3.09. The van der Waals surface area contributed by atoms with Crippen LogP contribution in [-0.4, -0.2) is 40.6 Å². The monoisotopic (exact) mass is 267 g/mol. The van der Waals surface area contributed by atoms with Gasteiger partial charge >= 0.3 is 0 Å². The van der Waals surface area contributed by atoms with E-state index in [2.05, 4.69) is 34.0 Å². The van der Waals surface area contributed by atoms with Crippen LogP contribution in [-0.2, 0) is 0 Å². The van der Waals surface area contributed by atoms with Crippen molar-refractivity contribution in [2.45, 2.75) is 25.0 Å². The zero-order valence-corrected chi connectivity index (χ0v) is 12.0. The van der Waals surface area contributed by atoms with Crippen molar-refractivity contribution in [1.82, 2.24) is 9.97 Å². The lowest BCUT2D eigenvalue weighted by Gasteiger charge is -2.23. The zero-order valence-electron chi connectivity index (χ0n) is 11.2. The summed E-state index contributed by atoms with van der Waals surface area (Å²) in [4.78, 5) is 10.8. The molecule has 0 radical (unpaired) electrons. The predicted molar refractivity (Wildman–Crippen MR) is 79.4 cm³/mol. The molecule has 0 aliphatic carbocycles. The molecule has 0 spiro atoms. The highest BCUT2D eigenvalue weighted by Crippen LogP contribution is 2.32. The van der Waals surface area contributed by atoms with E-state index in [9.17, 15) is 0 Å². The molecule has 3 N–H and O–H groups in total. The third kappa shape index (κ3) is 3.19. The van der Waals surface area contributed by atoms with Crippen LogP contribution in [0.15, 0.2) is 6.07 Å². The van der Waals surface area contributed by atoms with Gasteiger partial charge in [0.1, 0.15) is 11.6 Å². The van der Waals surface area contributed by atoms with Crippen LogP contribution < -0.4 is 16.0 Å². The van der Waals surface area contributed by atoms with Gasteiger partial charge < -0.3 is 16.0 Å². The summed E-state index contributed by atoms with van der Waals surface area (Å²) in [7, 11) is 1.84. The highest BCUT2D eigenvalue weighted by atomic mass is 32.2. The first-order chi connectivity index (χ1) is 8.50. The van der Waals surface area contributed by atoms with E-state index >= 15 is 0 Å². The van der Waals surface area contributed by atoms with Gasteiger partial charge in [-0.25, -0.2) is 0 Å². The van der Waals surface area contributed by atoms with Crippen molar-refractivity contribution in [2.75, 3.05) is 41.8 Å². The van der Waals surface area contributed by atoms with E-state index in [-0.39, 0.29) is 0 Å². The number of aromatic nitrogens is 2. The lowest BCUT2D eigenvalue weighted by molar-refractivity contribution is 0.635. The number of nitrogens with one attached hydrogen (secondary N) is 1. The molecule has 2 heterocycles. The Bertz CT molecular complexity index is 421. The van der Waals surface area contributed by atoms with Gasteiger partial charge in [0.25, 0.3) is 0 Å². The molecule has 1 aliphatic rings. The maximum absolute atomic E-state index is 5.74. The number of hydrogen-bond acceptors (Lipinski definition) is 6. The van der Waals surface area contributed by atoms with E-state index in [0.717, 1.165) is 36.9 Å². The smallest absolute Gasteiger partial charge is 0.223 e. The average molecular weight is 267 g/mol. The van der Waals surface area contributed by atoms with E-state index in [1.54, 1.807) is 0 Å². The van der Waals surface area contributed by atoms with Gasteiger partial charge in [-0.05, 0) is 6.42 Å². The maximum Gasteiger partial charge on any atom is 0.223 e. The SMILES string of the molecule is CNc1cc(N2CCSC(C)(C)CC2)nc(N)n1. The van der Waals surface area contributed by atoms with Crippen molar-refractivity contribution in [1.29, 1.82) is 0 Å². The molecule has 0 atom stereocenters. The average Bonchev–Trinajstić information content (AvgIpc) is 2.49. The molecule has 0 saturated carbocycles. The molecule has 1 aromatic rings. The van der Waals surface area contributed by atoms with Crippen molar-refractivity contribution in [3.05, 3.63) is 6.07 Å². The van der Waals surface area contributed by atoms with Crippen LogP contribution in [0.5, 0.6) is 0 Å². The number of nitrogens with zero attached hydrogens (tertiary/aromatic N) is 3. The second-order valence-corrected chi connectivity index (χ2v) is 6.87. The zero-order chi connectivity index (χ0) is 13.2. The Morgan fingerprint density at radius 3 is 2.89 bits per heavy atom. The van der Waals surface area contributed by atoms with E-state index in [1.165, 1.54) is 0 Å². The minimum atomic E-state index is 0.327. The van der Waals surface area contributed by atoms with Crippen LogP contribution in [0.4, 0.5) is 17.6 Å². The maximum atomic E-state index is 5.74. The summed E-state index contributed by atoms with van der Waals surface area (Å²) in [6.45, 7) is 6.62. The van der Waals surface area contributed by atoms with Crippen molar-refractivity contribution >= 4 is 29.3 Å². The molecule has 1 aromatic heterocycles. The van der Waals surface area contributed by atoms with E-state index in [0.29, 0.717) is 10.7 Å². The summed E-state index contributed by atoms with van der Waals surface area (Å²) in [6, 6.07) is 1.96. The highest BCUT2D eigenvalue weighted by Gasteiger charge is 2.24. The van der Waals surface area contributed by atoms with Crippen molar-refractivity contribution < 1.29 is 0 Å². The van der Waals surface area contributed by atoms with Gasteiger partial charge in [0.05, 0.1) is 0 Å². The van der Waals surface area contributed by atoms with Crippen LogP contribution >= 0.6 is 11.8 Å². The fourth-order valence-electron chi connectivity index (χ4n) is 1.99. The van der Waals surface area contributed by atoms with E-state index < -0.39 is 0 Å². The van der Waals surface area contributed by atoms with Gasteiger partial charge in [-0.3, -0.25) is 0 Å². The first-order valence-corrected chi connectivity index (χ1v) is 7.20.